The van der Waals surface area contributed by atoms with Gasteiger partial charge in [0.25, 0.3) is 0 Å². The molecule has 1 atom stereocenters. The quantitative estimate of drug-likeness (QED) is 0.795. The average Bonchev–Trinajstić information content (AvgIpc) is 2.39. The van der Waals surface area contributed by atoms with E-state index in [0.29, 0.717) is 24.0 Å². The molecule has 0 bridgehead atoms. The summed E-state index contributed by atoms with van der Waals surface area (Å²) in [7, 11) is 3.11. The van der Waals surface area contributed by atoms with Crippen molar-refractivity contribution in [3.63, 3.8) is 0 Å². The van der Waals surface area contributed by atoms with E-state index in [-0.39, 0.29) is 0 Å². The highest BCUT2D eigenvalue weighted by atomic mass is 79.9. The van der Waals surface area contributed by atoms with Gasteiger partial charge in [-0.05, 0) is 30.2 Å². The van der Waals surface area contributed by atoms with Gasteiger partial charge >= 0.3 is 0 Å². The van der Waals surface area contributed by atoms with Crippen LogP contribution in [0.2, 0.25) is 0 Å². The molecular formula is C14H21BrN2O3. The van der Waals surface area contributed by atoms with Crippen molar-refractivity contribution in [2.75, 3.05) is 20.8 Å². The Morgan fingerprint density at radius 3 is 2.30 bits per heavy atom. The number of hydrogen-bond donors (Lipinski definition) is 2. The Bertz CT molecular complexity index is 478. The molecule has 1 aromatic carbocycles. The minimum absolute atomic E-state index is 0.413. The third-order valence-electron chi connectivity index (χ3n) is 2.83. The van der Waals surface area contributed by atoms with E-state index in [2.05, 4.69) is 35.1 Å². The van der Waals surface area contributed by atoms with Gasteiger partial charge in [-0.25, -0.2) is 0 Å². The maximum absolute atomic E-state index is 11.7. The highest BCUT2D eigenvalue weighted by Gasteiger charge is 2.22. The predicted molar refractivity (Wildman–Crippen MR) is 82.0 cm³/mol. The van der Waals surface area contributed by atoms with E-state index in [1.165, 1.54) is 0 Å². The summed E-state index contributed by atoms with van der Waals surface area (Å²) in [6, 6.07) is 2.94. The Kier molecular flexibility index (Phi) is 6.29. The fourth-order valence-electron chi connectivity index (χ4n) is 1.81. The molecule has 3 N–H and O–H groups in total. The standard InChI is InChI=1S/C14H21BrN2O3/c1-8(2)7-17-13(14(16)18)9-5-11(19-3)12(20-4)6-10(9)15/h5-6,8,13,17H,7H2,1-4H3,(H2,16,18). The first-order chi connectivity index (χ1) is 9.40. The highest BCUT2D eigenvalue weighted by Crippen LogP contribution is 2.36. The molecular weight excluding hydrogens is 324 g/mol. The van der Waals surface area contributed by atoms with Gasteiger partial charge in [-0.2, -0.15) is 0 Å². The van der Waals surface area contributed by atoms with Gasteiger partial charge in [-0.15, -0.1) is 0 Å². The first-order valence-electron chi connectivity index (χ1n) is 6.34. The molecule has 0 saturated heterocycles. The van der Waals surface area contributed by atoms with Gasteiger partial charge in [0.2, 0.25) is 5.91 Å². The van der Waals surface area contributed by atoms with Gasteiger partial charge in [0.05, 0.1) is 14.2 Å². The fraction of sp³-hybridized carbons (Fsp3) is 0.500. The Labute approximate surface area is 127 Å². The number of benzene rings is 1. The Morgan fingerprint density at radius 2 is 1.85 bits per heavy atom. The molecule has 0 fully saturated rings. The fourth-order valence-corrected chi connectivity index (χ4v) is 2.36. The van der Waals surface area contributed by atoms with E-state index < -0.39 is 11.9 Å². The van der Waals surface area contributed by atoms with E-state index in [9.17, 15) is 4.79 Å². The first kappa shape index (κ1) is 16.8. The largest absolute Gasteiger partial charge is 0.493 e. The Balaban J connectivity index is 3.16. The third kappa shape index (κ3) is 4.11. The molecule has 20 heavy (non-hydrogen) atoms. The van der Waals surface area contributed by atoms with E-state index in [0.717, 1.165) is 10.0 Å². The second-order valence-electron chi connectivity index (χ2n) is 4.87. The lowest BCUT2D eigenvalue weighted by atomic mass is 10.0. The number of carbonyl (C=O) groups excluding carboxylic acids is 1. The molecule has 0 aliphatic carbocycles. The number of carbonyl (C=O) groups is 1. The Hall–Kier alpha value is -1.27. The lowest BCUT2D eigenvalue weighted by molar-refractivity contribution is -0.120. The molecule has 1 rings (SSSR count). The number of primary amides is 1. The number of ether oxygens (including phenoxy) is 2. The molecule has 112 valence electrons. The second-order valence-corrected chi connectivity index (χ2v) is 5.72. The van der Waals surface area contributed by atoms with Crippen molar-refractivity contribution in [3.05, 3.63) is 22.2 Å². The summed E-state index contributed by atoms with van der Waals surface area (Å²) in [6.45, 7) is 4.82. The number of rotatable bonds is 7. The summed E-state index contributed by atoms with van der Waals surface area (Å²) < 4.78 is 11.2. The number of nitrogens with two attached hydrogens (primary N) is 1. The maximum Gasteiger partial charge on any atom is 0.239 e. The van der Waals surface area contributed by atoms with Crippen molar-refractivity contribution >= 4 is 21.8 Å². The van der Waals surface area contributed by atoms with Gasteiger partial charge in [0.1, 0.15) is 6.04 Å². The van der Waals surface area contributed by atoms with Gasteiger partial charge in [0, 0.05) is 4.47 Å². The average molecular weight is 345 g/mol. The molecule has 1 amide bonds. The van der Waals surface area contributed by atoms with Crippen molar-refractivity contribution in [2.45, 2.75) is 19.9 Å². The zero-order valence-electron chi connectivity index (χ0n) is 12.2. The van der Waals surface area contributed by atoms with Gasteiger partial charge in [0.15, 0.2) is 11.5 Å². The van der Waals surface area contributed by atoms with E-state index in [4.69, 9.17) is 15.2 Å². The number of halogens is 1. The molecule has 0 saturated carbocycles. The Morgan fingerprint density at radius 1 is 1.30 bits per heavy atom. The lowest BCUT2D eigenvalue weighted by Gasteiger charge is -2.20. The summed E-state index contributed by atoms with van der Waals surface area (Å²) in [5.74, 6) is 1.13. The monoisotopic (exact) mass is 344 g/mol. The van der Waals surface area contributed by atoms with Gasteiger partial charge in [-0.1, -0.05) is 29.8 Å². The predicted octanol–water partition coefficient (Wildman–Crippen LogP) is 2.24. The highest BCUT2D eigenvalue weighted by molar-refractivity contribution is 9.10. The van der Waals surface area contributed by atoms with Crippen LogP contribution >= 0.6 is 15.9 Å². The minimum Gasteiger partial charge on any atom is -0.493 e. The van der Waals surface area contributed by atoms with Crippen LogP contribution in [0.5, 0.6) is 11.5 Å². The molecule has 1 unspecified atom stereocenters. The normalized spacial score (nSPS) is 12.3. The summed E-state index contributed by atoms with van der Waals surface area (Å²) in [6.07, 6.45) is 0. The molecule has 0 heterocycles. The third-order valence-corrected chi connectivity index (χ3v) is 3.52. The van der Waals surface area contributed by atoms with Crippen molar-refractivity contribution in [3.8, 4) is 11.5 Å². The SMILES string of the molecule is COc1cc(Br)c(C(NCC(C)C)C(N)=O)cc1OC. The van der Waals surface area contributed by atoms with E-state index in [1.54, 1.807) is 26.4 Å². The second kappa shape index (κ2) is 7.50. The number of methoxy groups -OCH3 is 2. The zero-order chi connectivity index (χ0) is 15.3. The molecule has 0 aromatic heterocycles. The van der Waals surface area contributed by atoms with E-state index in [1.807, 2.05) is 0 Å². The van der Waals surface area contributed by atoms with Crippen LogP contribution in [0.15, 0.2) is 16.6 Å². The van der Waals surface area contributed by atoms with Crippen molar-refractivity contribution in [1.29, 1.82) is 0 Å². The molecule has 0 spiro atoms. The van der Waals surface area contributed by atoms with Crippen LogP contribution in [-0.4, -0.2) is 26.7 Å². The van der Waals surface area contributed by atoms with Crippen LogP contribution < -0.4 is 20.5 Å². The van der Waals surface area contributed by atoms with Gasteiger partial charge in [-0.3, -0.25) is 4.79 Å². The van der Waals surface area contributed by atoms with Crippen LogP contribution in [-0.2, 0) is 4.79 Å². The summed E-state index contributed by atoms with van der Waals surface area (Å²) in [5.41, 5.74) is 6.22. The van der Waals surface area contributed by atoms with Crippen LogP contribution in [0.3, 0.4) is 0 Å². The zero-order valence-corrected chi connectivity index (χ0v) is 13.8. The van der Waals surface area contributed by atoms with Crippen LogP contribution in [0.4, 0.5) is 0 Å². The number of hydrogen-bond acceptors (Lipinski definition) is 4. The molecule has 1 aromatic rings. The van der Waals surface area contributed by atoms with Crippen LogP contribution in [0.25, 0.3) is 0 Å². The number of amides is 1. The van der Waals surface area contributed by atoms with Crippen molar-refractivity contribution < 1.29 is 14.3 Å². The molecule has 0 radical (unpaired) electrons. The molecule has 0 aliphatic rings. The first-order valence-corrected chi connectivity index (χ1v) is 7.14. The lowest BCUT2D eigenvalue weighted by Crippen LogP contribution is -2.35. The maximum atomic E-state index is 11.7. The topological polar surface area (TPSA) is 73.6 Å². The summed E-state index contributed by atoms with van der Waals surface area (Å²) in [4.78, 5) is 11.7. The molecule has 5 nitrogen and oxygen atoms in total. The molecule has 6 heteroatoms. The van der Waals surface area contributed by atoms with Gasteiger partial charge < -0.3 is 20.5 Å². The smallest absolute Gasteiger partial charge is 0.239 e. The summed E-state index contributed by atoms with van der Waals surface area (Å²) >= 11 is 3.44. The summed E-state index contributed by atoms with van der Waals surface area (Å²) in [5, 5.41) is 3.16. The van der Waals surface area contributed by atoms with Crippen molar-refractivity contribution in [2.24, 2.45) is 11.7 Å². The minimum atomic E-state index is -0.577. The van der Waals surface area contributed by atoms with Crippen molar-refractivity contribution in [1.82, 2.24) is 5.32 Å². The number of nitrogens with one attached hydrogen (secondary N) is 1. The van der Waals surface area contributed by atoms with Crippen LogP contribution in [0.1, 0.15) is 25.5 Å². The van der Waals surface area contributed by atoms with Crippen LogP contribution in [0, 0.1) is 5.92 Å². The van der Waals surface area contributed by atoms with E-state index >= 15 is 0 Å². The molecule has 0 aliphatic heterocycles.